The van der Waals surface area contributed by atoms with Crippen LogP contribution in [0.4, 0.5) is 5.69 Å². The Morgan fingerprint density at radius 1 is 0.889 bits per heavy atom. The van der Waals surface area contributed by atoms with Crippen molar-refractivity contribution in [3.8, 4) is 34.3 Å². The molecule has 0 saturated carbocycles. The summed E-state index contributed by atoms with van der Waals surface area (Å²) in [5, 5.41) is 8.42. The lowest BCUT2D eigenvalue weighted by Gasteiger charge is -2.14. The molecule has 0 spiro atoms. The van der Waals surface area contributed by atoms with Crippen molar-refractivity contribution in [1.82, 2.24) is 15.0 Å². The lowest BCUT2D eigenvalue weighted by molar-refractivity contribution is 0.323. The van der Waals surface area contributed by atoms with E-state index in [-0.39, 0.29) is 0 Å². The second kappa shape index (κ2) is 7.86. The van der Waals surface area contributed by atoms with Crippen LogP contribution in [0.2, 0.25) is 0 Å². The second-order valence-corrected chi connectivity index (χ2v) is 5.79. The fraction of sp³-hybridized carbons (Fsp3) is 0.263. The fourth-order valence-electron chi connectivity index (χ4n) is 2.82. The van der Waals surface area contributed by atoms with Crippen LogP contribution in [0.15, 0.2) is 36.5 Å². The Labute approximate surface area is 157 Å². The van der Waals surface area contributed by atoms with Crippen LogP contribution in [0, 0.1) is 0 Å². The topological polar surface area (TPSA) is 93.7 Å². The molecule has 0 fully saturated rings. The third kappa shape index (κ3) is 3.74. The van der Waals surface area contributed by atoms with E-state index in [4.69, 9.17) is 24.7 Å². The quantitative estimate of drug-likeness (QED) is 0.639. The summed E-state index contributed by atoms with van der Waals surface area (Å²) in [4.78, 5) is 0. The third-order valence-corrected chi connectivity index (χ3v) is 4.13. The molecule has 2 N–H and O–H groups in total. The Kier molecular flexibility index (Phi) is 5.35. The second-order valence-electron chi connectivity index (χ2n) is 5.79. The highest BCUT2D eigenvalue weighted by molar-refractivity contribution is 5.67. The molecule has 0 amide bonds. The molecule has 0 aliphatic heterocycles. The first kappa shape index (κ1) is 18.4. The number of benzene rings is 2. The predicted molar refractivity (Wildman–Crippen MR) is 102 cm³/mol. The van der Waals surface area contributed by atoms with E-state index in [9.17, 15) is 0 Å². The number of nitrogen functional groups attached to an aromatic ring is 1. The molecular formula is C19H22N4O4. The highest BCUT2D eigenvalue weighted by atomic mass is 16.5. The van der Waals surface area contributed by atoms with E-state index in [1.54, 1.807) is 33.1 Å². The van der Waals surface area contributed by atoms with Crippen molar-refractivity contribution in [2.45, 2.75) is 6.54 Å². The zero-order chi connectivity index (χ0) is 19.4. The van der Waals surface area contributed by atoms with Crippen molar-refractivity contribution in [2.75, 3.05) is 34.2 Å². The number of rotatable bonds is 7. The Hall–Kier alpha value is -3.42. The summed E-state index contributed by atoms with van der Waals surface area (Å²) >= 11 is 0. The zero-order valence-corrected chi connectivity index (χ0v) is 15.7. The Morgan fingerprint density at radius 2 is 1.56 bits per heavy atom. The maximum atomic E-state index is 5.97. The van der Waals surface area contributed by atoms with Crippen molar-refractivity contribution in [2.24, 2.45) is 0 Å². The number of ether oxygens (including phenoxy) is 4. The van der Waals surface area contributed by atoms with E-state index in [1.807, 2.05) is 36.5 Å². The molecule has 142 valence electrons. The lowest BCUT2D eigenvalue weighted by atomic mass is 10.1. The SMILES string of the molecule is COc1ccc(-c2cn(Cc3cc(OC)c(OC)c(OC)c3)nn2)cc1N. The zero-order valence-electron chi connectivity index (χ0n) is 15.7. The van der Waals surface area contributed by atoms with Crippen LogP contribution in [0.25, 0.3) is 11.3 Å². The largest absolute Gasteiger partial charge is 0.495 e. The van der Waals surface area contributed by atoms with Gasteiger partial charge in [0.2, 0.25) is 5.75 Å². The van der Waals surface area contributed by atoms with Gasteiger partial charge < -0.3 is 24.7 Å². The van der Waals surface area contributed by atoms with E-state index in [0.29, 0.717) is 35.2 Å². The predicted octanol–water partition coefficient (Wildman–Crippen LogP) is 2.61. The van der Waals surface area contributed by atoms with Gasteiger partial charge in [-0.2, -0.15) is 0 Å². The molecular weight excluding hydrogens is 348 g/mol. The fourth-order valence-corrected chi connectivity index (χ4v) is 2.82. The van der Waals surface area contributed by atoms with E-state index >= 15 is 0 Å². The van der Waals surface area contributed by atoms with Crippen LogP contribution >= 0.6 is 0 Å². The maximum absolute atomic E-state index is 5.97. The van der Waals surface area contributed by atoms with E-state index in [2.05, 4.69) is 10.3 Å². The van der Waals surface area contributed by atoms with Gasteiger partial charge in [-0.05, 0) is 35.9 Å². The minimum atomic E-state index is 0.495. The number of hydrogen-bond donors (Lipinski definition) is 1. The molecule has 0 bridgehead atoms. The summed E-state index contributed by atoms with van der Waals surface area (Å²) in [6.45, 7) is 0.495. The average molecular weight is 370 g/mol. The van der Waals surface area contributed by atoms with Crippen molar-refractivity contribution in [3.05, 3.63) is 42.1 Å². The summed E-state index contributed by atoms with van der Waals surface area (Å²) < 4.78 is 23.0. The van der Waals surface area contributed by atoms with Gasteiger partial charge >= 0.3 is 0 Å². The number of aromatic nitrogens is 3. The molecule has 3 aromatic rings. The first-order chi connectivity index (χ1) is 13.1. The number of nitrogens with zero attached hydrogens (tertiary/aromatic N) is 3. The molecule has 8 heteroatoms. The van der Waals surface area contributed by atoms with Crippen LogP contribution < -0.4 is 24.7 Å². The monoisotopic (exact) mass is 370 g/mol. The van der Waals surface area contributed by atoms with Gasteiger partial charge in [-0.3, -0.25) is 0 Å². The molecule has 0 atom stereocenters. The van der Waals surface area contributed by atoms with Gasteiger partial charge in [0.25, 0.3) is 0 Å². The summed E-state index contributed by atoms with van der Waals surface area (Å²) in [5.74, 6) is 2.37. The number of hydrogen-bond acceptors (Lipinski definition) is 7. The maximum Gasteiger partial charge on any atom is 0.203 e. The molecule has 0 unspecified atom stereocenters. The molecule has 1 heterocycles. The highest BCUT2D eigenvalue weighted by Gasteiger charge is 2.14. The van der Waals surface area contributed by atoms with Crippen molar-refractivity contribution >= 4 is 5.69 Å². The molecule has 27 heavy (non-hydrogen) atoms. The van der Waals surface area contributed by atoms with Crippen molar-refractivity contribution in [1.29, 1.82) is 0 Å². The number of nitrogens with two attached hydrogens (primary N) is 1. The van der Waals surface area contributed by atoms with Gasteiger partial charge in [-0.15, -0.1) is 5.10 Å². The normalized spacial score (nSPS) is 10.5. The Balaban J connectivity index is 1.87. The number of methoxy groups -OCH3 is 4. The summed E-state index contributed by atoms with van der Waals surface area (Å²) in [5.41, 5.74) is 9.05. The average Bonchev–Trinajstić information content (AvgIpc) is 3.15. The molecule has 0 aliphatic rings. The Bertz CT molecular complexity index is 914. The van der Waals surface area contributed by atoms with Crippen LogP contribution in [0.5, 0.6) is 23.0 Å². The van der Waals surface area contributed by atoms with E-state index in [1.165, 1.54) is 0 Å². The standard InChI is InChI=1S/C19H22N4O4/c1-24-16-6-5-13(9-14(16)20)15-11-23(22-21-15)10-12-7-17(25-2)19(27-4)18(8-12)26-3/h5-9,11H,10,20H2,1-4H3. The number of anilines is 1. The van der Waals surface area contributed by atoms with Crippen molar-refractivity contribution < 1.29 is 18.9 Å². The van der Waals surface area contributed by atoms with E-state index < -0.39 is 0 Å². The molecule has 8 nitrogen and oxygen atoms in total. The molecule has 3 rings (SSSR count). The minimum absolute atomic E-state index is 0.495. The smallest absolute Gasteiger partial charge is 0.203 e. The van der Waals surface area contributed by atoms with Crippen LogP contribution in [0.1, 0.15) is 5.56 Å². The molecule has 0 aliphatic carbocycles. The summed E-state index contributed by atoms with van der Waals surface area (Å²) in [6, 6.07) is 9.28. The first-order valence-electron chi connectivity index (χ1n) is 8.22. The van der Waals surface area contributed by atoms with Gasteiger partial charge in [0.1, 0.15) is 11.4 Å². The molecule has 1 aromatic heterocycles. The third-order valence-electron chi connectivity index (χ3n) is 4.13. The highest BCUT2D eigenvalue weighted by Crippen LogP contribution is 2.38. The Morgan fingerprint density at radius 3 is 2.11 bits per heavy atom. The van der Waals surface area contributed by atoms with Gasteiger partial charge in [-0.25, -0.2) is 4.68 Å². The summed E-state index contributed by atoms with van der Waals surface area (Å²) in [7, 11) is 6.33. The van der Waals surface area contributed by atoms with Crippen LogP contribution in [-0.2, 0) is 6.54 Å². The van der Waals surface area contributed by atoms with Gasteiger partial charge in [0.05, 0.1) is 46.9 Å². The molecule has 0 saturated heterocycles. The van der Waals surface area contributed by atoms with Crippen LogP contribution in [-0.4, -0.2) is 43.4 Å². The van der Waals surface area contributed by atoms with Crippen LogP contribution in [0.3, 0.4) is 0 Å². The first-order valence-corrected chi connectivity index (χ1v) is 8.22. The van der Waals surface area contributed by atoms with Gasteiger partial charge in [0.15, 0.2) is 11.5 Å². The van der Waals surface area contributed by atoms with Gasteiger partial charge in [-0.1, -0.05) is 5.21 Å². The minimum Gasteiger partial charge on any atom is -0.495 e. The molecule has 0 radical (unpaired) electrons. The van der Waals surface area contributed by atoms with Crippen molar-refractivity contribution in [3.63, 3.8) is 0 Å². The molecule has 2 aromatic carbocycles. The summed E-state index contributed by atoms with van der Waals surface area (Å²) in [6.07, 6.45) is 1.85. The van der Waals surface area contributed by atoms with E-state index in [0.717, 1.165) is 16.8 Å². The van der Waals surface area contributed by atoms with Gasteiger partial charge in [0, 0.05) is 5.56 Å². The lowest BCUT2D eigenvalue weighted by Crippen LogP contribution is -2.03.